The van der Waals surface area contributed by atoms with Gasteiger partial charge < -0.3 is 10.2 Å². The first-order valence-corrected chi connectivity index (χ1v) is 16.3. The number of rotatable bonds is 9. The van der Waals surface area contributed by atoms with Crippen molar-refractivity contribution in [3.8, 4) is 0 Å². The van der Waals surface area contributed by atoms with Crippen molar-refractivity contribution >= 4 is 31.9 Å². The molecular weight excluding hydrogens is 528 g/mol. The van der Waals surface area contributed by atoms with Gasteiger partial charge in [0.05, 0.1) is 15.7 Å². The quantitative estimate of drug-likeness (QED) is 0.486. The highest BCUT2D eigenvalue weighted by atomic mass is 32.2. The Kier molecular flexibility index (Phi) is 9.65. The van der Waals surface area contributed by atoms with Gasteiger partial charge in [0.1, 0.15) is 0 Å². The third-order valence-electron chi connectivity index (χ3n) is 7.13. The van der Waals surface area contributed by atoms with Gasteiger partial charge in [-0.1, -0.05) is 34.6 Å². The van der Waals surface area contributed by atoms with Crippen LogP contribution in [-0.4, -0.2) is 87.5 Å². The number of hydrogen-bond acceptors (Lipinski definition) is 6. The molecule has 0 radical (unpaired) electrons. The Bertz CT molecular complexity index is 1210. The van der Waals surface area contributed by atoms with E-state index in [1.165, 1.54) is 32.9 Å². The third kappa shape index (κ3) is 7.13. The summed E-state index contributed by atoms with van der Waals surface area (Å²) >= 11 is 0. The highest BCUT2D eigenvalue weighted by molar-refractivity contribution is 7.89. The van der Waals surface area contributed by atoms with Crippen molar-refractivity contribution in [2.45, 2.75) is 76.1 Å². The standard InChI is InChI=1S/C26H42N4O6S2/c1-6-29(7-2)37(33,34)22-10-12-23(13-11-22)38(35,36)30-15-8-9-20(18-30)25(32)27-21-14-16-28(19-21)24(31)17-26(3,4)5/h10-13,20-21H,6-9,14-19H2,1-5H3,(H,27,32)/t20-,21-/m1/s1. The van der Waals surface area contributed by atoms with Crippen molar-refractivity contribution in [2.24, 2.45) is 11.3 Å². The predicted octanol–water partition coefficient (Wildman–Crippen LogP) is 2.27. The minimum Gasteiger partial charge on any atom is -0.351 e. The Morgan fingerprint density at radius 1 is 0.947 bits per heavy atom. The second-order valence-electron chi connectivity index (χ2n) is 11.3. The van der Waals surface area contributed by atoms with Gasteiger partial charge >= 0.3 is 0 Å². The van der Waals surface area contributed by atoms with E-state index >= 15 is 0 Å². The van der Waals surface area contributed by atoms with Crippen LogP contribution in [0.3, 0.4) is 0 Å². The fraction of sp³-hybridized carbons (Fsp3) is 0.692. The van der Waals surface area contributed by atoms with Gasteiger partial charge in [-0.15, -0.1) is 0 Å². The first-order chi connectivity index (χ1) is 17.7. The van der Waals surface area contributed by atoms with E-state index in [2.05, 4.69) is 5.32 Å². The van der Waals surface area contributed by atoms with Crippen LogP contribution in [0.4, 0.5) is 0 Å². The summed E-state index contributed by atoms with van der Waals surface area (Å²) in [4.78, 5) is 27.4. The molecule has 0 bridgehead atoms. The number of benzene rings is 1. The topological polar surface area (TPSA) is 124 Å². The molecule has 214 valence electrons. The summed E-state index contributed by atoms with van der Waals surface area (Å²) < 4.78 is 54.8. The van der Waals surface area contributed by atoms with E-state index in [1.54, 1.807) is 18.7 Å². The van der Waals surface area contributed by atoms with Crippen molar-refractivity contribution in [1.82, 2.24) is 18.8 Å². The van der Waals surface area contributed by atoms with Crippen molar-refractivity contribution < 1.29 is 26.4 Å². The number of piperidine rings is 1. The first-order valence-electron chi connectivity index (χ1n) is 13.4. The number of hydrogen-bond donors (Lipinski definition) is 1. The molecule has 2 aliphatic heterocycles. The Hall–Kier alpha value is -2.02. The van der Waals surface area contributed by atoms with E-state index in [4.69, 9.17) is 0 Å². The monoisotopic (exact) mass is 570 g/mol. The van der Waals surface area contributed by atoms with E-state index in [0.29, 0.717) is 58.4 Å². The summed E-state index contributed by atoms with van der Waals surface area (Å²) in [5.74, 6) is -0.596. The van der Waals surface area contributed by atoms with Gasteiger partial charge in [-0.2, -0.15) is 8.61 Å². The molecule has 0 aliphatic carbocycles. The van der Waals surface area contributed by atoms with Gasteiger partial charge in [0.15, 0.2) is 0 Å². The number of sulfonamides is 2. The van der Waals surface area contributed by atoms with Gasteiger partial charge in [-0.25, -0.2) is 16.8 Å². The number of nitrogens with one attached hydrogen (secondary N) is 1. The molecule has 10 nitrogen and oxygen atoms in total. The fourth-order valence-corrected chi connectivity index (χ4v) is 7.99. The number of carbonyl (C=O) groups is 2. The van der Waals surface area contributed by atoms with Gasteiger partial charge in [-0.05, 0) is 48.9 Å². The van der Waals surface area contributed by atoms with Gasteiger partial charge in [0.2, 0.25) is 31.9 Å². The summed E-state index contributed by atoms with van der Waals surface area (Å²) in [6, 6.07) is 5.13. The summed E-state index contributed by atoms with van der Waals surface area (Å²) in [5, 5.41) is 3.03. The Morgan fingerprint density at radius 2 is 1.55 bits per heavy atom. The Morgan fingerprint density at radius 3 is 2.13 bits per heavy atom. The summed E-state index contributed by atoms with van der Waals surface area (Å²) in [6.07, 6.45) is 2.26. The molecule has 3 rings (SSSR count). The molecule has 38 heavy (non-hydrogen) atoms. The lowest BCUT2D eigenvalue weighted by molar-refractivity contribution is -0.132. The molecule has 2 amide bonds. The fourth-order valence-electron chi connectivity index (χ4n) is 5.01. The number of likely N-dealkylation sites (tertiary alicyclic amines) is 1. The lowest BCUT2D eigenvalue weighted by atomic mass is 9.92. The largest absolute Gasteiger partial charge is 0.351 e. The Labute approximate surface area is 227 Å². The lowest BCUT2D eigenvalue weighted by Gasteiger charge is -2.32. The van der Waals surface area contributed by atoms with Crippen LogP contribution < -0.4 is 5.32 Å². The SMILES string of the molecule is CCN(CC)S(=O)(=O)c1ccc(S(=O)(=O)N2CCC[C@@H](C(=O)N[C@@H]3CCN(C(=O)CC(C)(C)C)C3)C2)cc1. The van der Waals surface area contributed by atoms with E-state index < -0.39 is 26.0 Å². The molecule has 0 unspecified atom stereocenters. The summed E-state index contributed by atoms with van der Waals surface area (Å²) in [6.45, 7) is 11.6. The van der Waals surface area contributed by atoms with E-state index in [9.17, 15) is 26.4 Å². The van der Waals surface area contributed by atoms with Crippen LogP contribution in [0.15, 0.2) is 34.1 Å². The summed E-state index contributed by atoms with van der Waals surface area (Å²) in [5.41, 5.74) is -0.102. The molecule has 0 spiro atoms. The molecular formula is C26H42N4O6S2. The second-order valence-corrected chi connectivity index (χ2v) is 15.2. The maximum atomic E-state index is 13.3. The molecule has 2 heterocycles. The van der Waals surface area contributed by atoms with Crippen LogP contribution >= 0.6 is 0 Å². The van der Waals surface area contributed by atoms with Crippen molar-refractivity contribution in [1.29, 1.82) is 0 Å². The van der Waals surface area contributed by atoms with Gasteiger partial charge in [0.25, 0.3) is 0 Å². The molecule has 2 atom stereocenters. The molecule has 0 aromatic heterocycles. The van der Waals surface area contributed by atoms with Crippen LogP contribution in [0, 0.1) is 11.3 Å². The molecule has 12 heteroatoms. The first kappa shape index (κ1) is 30.5. The van der Waals surface area contributed by atoms with Gasteiger partial charge in [-0.3, -0.25) is 9.59 Å². The molecule has 2 fully saturated rings. The van der Waals surface area contributed by atoms with Crippen LogP contribution in [0.5, 0.6) is 0 Å². The van der Waals surface area contributed by atoms with Crippen LogP contribution in [0.2, 0.25) is 0 Å². The van der Waals surface area contributed by atoms with Crippen molar-refractivity contribution in [3.63, 3.8) is 0 Å². The number of nitrogens with zero attached hydrogens (tertiary/aromatic N) is 3. The second kappa shape index (κ2) is 12.0. The molecule has 0 saturated carbocycles. The van der Waals surface area contributed by atoms with Crippen LogP contribution in [0.25, 0.3) is 0 Å². The minimum absolute atomic E-state index is 0.000788. The van der Waals surface area contributed by atoms with Crippen molar-refractivity contribution in [3.05, 3.63) is 24.3 Å². The lowest BCUT2D eigenvalue weighted by Crippen LogP contribution is -2.48. The maximum absolute atomic E-state index is 13.3. The smallest absolute Gasteiger partial charge is 0.243 e. The average molecular weight is 571 g/mol. The molecule has 2 aliphatic rings. The van der Waals surface area contributed by atoms with Crippen molar-refractivity contribution in [2.75, 3.05) is 39.3 Å². The van der Waals surface area contributed by atoms with Crippen LogP contribution in [0.1, 0.15) is 60.3 Å². The van der Waals surface area contributed by atoms with Gasteiger partial charge in [0, 0.05) is 51.7 Å². The molecule has 1 N–H and O–H groups in total. The zero-order chi connectivity index (χ0) is 28.3. The maximum Gasteiger partial charge on any atom is 0.243 e. The average Bonchev–Trinajstić information content (AvgIpc) is 3.32. The normalized spacial score (nSPS) is 21.6. The highest BCUT2D eigenvalue weighted by Crippen LogP contribution is 2.26. The van der Waals surface area contributed by atoms with Crippen LogP contribution in [-0.2, 0) is 29.6 Å². The summed E-state index contributed by atoms with van der Waals surface area (Å²) in [7, 11) is -7.59. The Balaban J connectivity index is 1.62. The highest BCUT2D eigenvalue weighted by Gasteiger charge is 2.36. The van der Waals surface area contributed by atoms with E-state index in [0.717, 1.165) is 0 Å². The molecule has 1 aromatic rings. The third-order valence-corrected chi connectivity index (χ3v) is 11.1. The number of carbonyl (C=O) groups excluding carboxylic acids is 2. The minimum atomic E-state index is -3.89. The molecule has 1 aromatic carbocycles. The van der Waals surface area contributed by atoms with E-state index in [-0.39, 0.29) is 39.6 Å². The van der Waals surface area contributed by atoms with E-state index in [1.807, 2.05) is 20.8 Å². The zero-order valence-electron chi connectivity index (χ0n) is 23.1. The predicted molar refractivity (Wildman–Crippen MR) is 145 cm³/mol. The zero-order valence-corrected chi connectivity index (χ0v) is 24.8. The number of amides is 2. The molecule has 2 saturated heterocycles.